The van der Waals surface area contributed by atoms with Gasteiger partial charge in [0.1, 0.15) is 0 Å². The second-order valence-corrected chi connectivity index (χ2v) is 18.0. The summed E-state index contributed by atoms with van der Waals surface area (Å²) >= 11 is 0. The van der Waals surface area contributed by atoms with Crippen LogP contribution in [0.15, 0.2) is 0 Å². The Hall–Kier alpha value is -0.0400. The van der Waals surface area contributed by atoms with Crippen LogP contribution in [-0.2, 0) is 4.74 Å². The van der Waals surface area contributed by atoms with Gasteiger partial charge in [0, 0.05) is 13.2 Å². The highest BCUT2D eigenvalue weighted by Gasteiger charge is 2.23. The summed E-state index contributed by atoms with van der Waals surface area (Å²) in [7, 11) is 0. The van der Waals surface area contributed by atoms with Crippen molar-refractivity contribution in [2.24, 2.45) is 69.5 Å². The second-order valence-electron chi connectivity index (χ2n) is 18.0. The fourth-order valence-electron chi connectivity index (χ4n) is 3.38. The Morgan fingerprint density at radius 1 is 0.425 bits per heavy atom. The molecule has 0 radical (unpaired) electrons. The lowest BCUT2D eigenvalue weighted by molar-refractivity contribution is 0.0523. The van der Waals surface area contributed by atoms with Gasteiger partial charge in [-0.15, -0.1) is 0 Å². The summed E-state index contributed by atoms with van der Waals surface area (Å²) in [5.74, 6) is 7.54. The first-order valence-corrected chi connectivity index (χ1v) is 17.2. The second kappa shape index (κ2) is 22.5. The smallest absolute Gasteiger partial charge is 0.0468 e. The normalized spacial score (nSPS) is 16.4. The number of hydrogen-bond acceptors (Lipinski definition) is 1. The SMILES string of the molecule is CC(C)C(C)(C)C.CC(C)C(C)C.CC(C)C1CCOCC1.CC(C)[C@@H](C)C(C)(C)C.CC(C)[C@H](C)C(C)(C)C. The van der Waals surface area contributed by atoms with Crippen molar-refractivity contribution in [2.45, 2.75) is 172 Å². The van der Waals surface area contributed by atoms with E-state index in [1.807, 2.05) is 0 Å². The Balaban J connectivity index is -0.000000204. The van der Waals surface area contributed by atoms with E-state index in [9.17, 15) is 0 Å². The average Bonchev–Trinajstić information content (AvgIpc) is 2.78. The minimum absolute atomic E-state index is 0.480. The molecule has 0 amide bonds. The van der Waals surface area contributed by atoms with Gasteiger partial charge in [-0.05, 0) is 82.3 Å². The van der Waals surface area contributed by atoms with E-state index in [0.717, 1.165) is 66.5 Å². The summed E-state index contributed by atoms with van der Waals surface area (Å²) in [6, 6.07) is 0. The van der Waals surface area contributed by atoms with Crippen molar-refractivity contribution in [3.63, 3.8) is 0 Å². The molecule has 1 fully saturated rings. The van der Waals surface area contributed by atoms with Crippen LogP contribution in [0.4, 0.5) is 0 Å². The van der Waals surface area contributed by atoms with Crippen LogP contribution < -0.4 is 0 Å². The van der Waals surface area contributed by atoms with Crippen molar-refractivity contribution >= 4 is 0 Å². The molecule has 0 aromatic carbocycles. The van der Waals surface area contributed by atoms with Crippen LogP contribution in [0.5, 0.6) is 0 Å². The maximum Gasteiger partial charge on any atom is 0.0468 e. The summed E-state index contributed by atoms with van der Waals surface area (Å²) < 4.78 is 5.25. The molecule has 1 saturated heterocycles. The lowest BCUT2D eigenvalue weighted by Gasteiger charge is -2.30. The van der Waals surface area contributed by atoms with Gasteiger partial charge in [0.2, 0.25) is 0 Å². The first-order chi connectivity index (χ1) is 17.6. The lowest BCUT2D eigenvalue weighted by Crippen LogP contribution is -2.21. The highest BCUT2D eigenvalue weighted by Crippen LogP contribution is 2.31. The van der Waals surface area contributed by atoms with Gasteiger partial charge in [-0.3, -0.25) is 0 Å². The van der Waals surface area contributed by atoms with Crippen molar-refractivity contribution in [3.8, 4) is 0 Å². The molecule has 1 heterocycles. The third kappa shape index (κ3) is 29.5. The van der Waals surface area contributed by atoms with E-state index in [2.05, 4.69) is 159 Å². The van der Waals surface area contributed by atoms with Gasteiger partial charge in [0.25, 0.3) is 0 Å². The van der Waals surface area contributed by atoms with Gasteiger partial charge in [0.05, 0.1) is 0 Å². The molecule has 40 heavy (non-hydrogen) atoms. The first kappa shape index (κ1) is 46.9. The first-order valence-electron chi connectivity index (χ1n) is 17.2. The minimum atomic E-state index is 0.480. The largest absolute Gasteiger partial charge is 0.381 e. The summed E-state index contributed by atoms with van der Waals surface area (Å²) in [6.07, 6.45) is 2.55. The van der Waals surface area contributed by atoms with Gasteiger partial charge in [-0.1, -0.05) is 159 Å². The lowest BCUT2D eigenvalue weighted by atomic mass is 9.76. The maximum absolute atomic E-state index is 5.25. The molecule has 248 valence electrons. The van der Waals surface area contributed by atoms with E-state index in [1.54, 1.807) is 0 Å². The highest BCUT2D eigenvalue weighted by molar-refractivity contribution is 4.72. The summed E-state index contributed by atoms with van der Waals surface area (Å²) in [5.41, 5.74) is 1.46. The third-order valence-corrected chi connectivity index (χ3v) is 10.0. The molecule has 0 N–H and O–H groups in total. The summed E-state index contributed by atoms with van der Waals surface area (Å²) in [4.78, 5) is 0. The fourth-order valence-corrected chi connectivity index (χ4v) is 3.38. The fraction of sp³-hybridized carbons (Fsp3) is 1.00. The summed E-state index contributed by atoms with van der Waals surface area (Å²) in [5, 5.41) is 0. The summed E-state index contributed by atoms with van der Waals surface area (Å²) in [6.45, 7) is 54.4. The molecule has 0 aromatic heterocycles. The van der Waals surface area contributed by atoms with Gasteiger partial charge in [0.15, 0.2) is 0 Å². The van der Waals surface area contributed by atoms with Crippen molar-refractivity contribution in [1.29, 1.82) is 0 Å². The molecule has 1 nitrogen and oxygen atoms in total. The van der Waals surface area contributed by atoms with Crippen molar-refractivity contribution in [1.82, 2.24) is 0 Å². The van der Waals surface area contributed by atoms with Crippen LogP contribution in [0.2, 0.25) is 0 Å². The van der Waals surface area contributed by atoms with E-state index in [4.69, 9.17) is 4.74 Å². The molecule has 0 unspecified atom stereocenters. The third-order valence-electron chi connectivity index (χ3n) is 10.0. The Morgan fingerprint density at radius 3 is 0.750 bits per heavy atom. The van der Waals surface area contributed by atoms with Gasteiger partial charge >= 0.3 is 0 Å². The Bertz CT molecular complexity index is 495. The van der Waals surface area contributed by atoms with Crippen LogP contribution in [0.1, 0.15) is 172 Å². The Morgan fingerprint density at radius 2 is 0.675 bits per heavy atom. The quantitative estimate of drug-likeness (QED) is 0.326. The molecule has 2 atom stereocenters. The zero-order chi connectivity index (χ0) is 33.2. The molecule has 1 aliphatic heterocycles. The molecule has 1 rings (SSSR count). The predicted octanol–water partition coefficient (Wildman–Crippen LogP) is 13.7. The molecule has 0 aromatic rings. The van der Waals surface area contributed by atoms with E-state index in [0.29, 0.717) is 16.2 Å². The van der Waals surface area contributed by atoms with Crippen LogP contribution in [0.3, 0.4) is 0 Å². The molecule has 0 bridgehead atoms. The van der Waals surface area contributed by atoms with Crippen molar-refractivity contribution in [2.75, 3.05) is 13.2 Å². The Kier molecular flexibility index (Phi) is 26.4. The van der Waals surface area contributed by atoms with Crippen molar-refractivity contribution in [3.05, 3.63) is 0 Å². The molecule has 0 aliphatic carbocycles. The van der Waals surface area contributed by atoms with E-state index in [-0.39, 0.29) is 0 Å². The predicted molar refractivity (Wildman–Crippen MR) is 189 cm³/mol. The molecule has 1 aliphatic rings. The van der Waals surface area contributed by atoms with Crippen molar-refractivity contribution < 1.29 is 4.74 Å². The zero-order valence-electron chi connectivity index (χ0n) is 32.9. The van der Waals surface area contributed by atoms with E-state index >= 15 is 0 Å². The number of hydrogen-bond donors (Lipinski definition) is 0. The average molecular weight is 571 g/mol. The zero-order valence-corrected chi connectivity index (χ0v) is 32.9. The molecule has 0 spiro atoms. The Labute approximate surface area is 259 Å². The highest BCUT2D eigenvalue weighted by atomic mass is 16.5. The van der Waals surface area contributed by atoms with Gasteiger partial charge in [-0.25, -0.2) is 0 Å². The van der Waals surface area contributed by atoms with Crippen LogP contribution >= 0.6 is 0 Å². The monoisotopic (exact) mass is 571 g/mol. The standard InChI is InChI=1S/2C9H20.C8H16O.C7H16.C6H14/c2*1-7(2)8(3)9(4,5)6;1-7(2)8-3-5-9-6-4-8;1-6(2)7(3,4)5;1-5(2)6(3)4/h2*7-8H,1-6H3;7-8H,3-6H2,1-2H3;6H,1-5H3;5-6H,1-4H3/t2*8-;;;/m10.../s1. The molecule has 1 heteroatoms. The minimum Gasteiger partial charge on any atom is -0.381 e. The number of ether oxygens (including phenoxy) is 1. The van der Waals surface area contributed by atoms with Crippen LogP contribution in [0.25, 0.3) is 0 Å². The molecular formula is C39H86O. The topological polar surface area (TPSA) is 9.23 Å². The molecule has 0 saturated carbocycles. The van der Waals surface area contributed by atoms with Gasteiger partial charge < -0.3 is 4.74 Å². The van der Waals surface area contributed by atoms with Crippen LogP contribution in [-0.4, -0.2) is 13.2 Å². The molecular weight excluding hydrogens is 484 g/mol. The van der Waals surface area contributed by atoms with Crippen LogP contribution in [0, 0.1) is 69.5 Å². The maximum atomic E-state index is 5.25. The van der Waals surface area contributed by atoms with Gasteiger partial charge in [-0.2, -0.15) is 0 Å². The van der Waals surface area contributed by atoms with E-state index in [1.165, 1.54) is 12.8 Å². The number of rotatable bonds is 4. The van der Waals surface area contributed by atoms with E-state index < -0.39 is 0 Å².